The normalized spacial score (nSPS) is 9.50. The molecule has 0 spiro atoms. The van der Waals surface area contributed by atoms with Crippen LogP contribution in [0.5, 0.6) is 0 Å². The molecule has 0 radical (unpaired) electrons. The minimum absolute atomic E-state index is 0.0417. The molecule has 74 valence electrons. The lowest BCUT2D eigenvalue weighted by Crippen LogP contribution is -2.22. The number of nitro groups is 1. The Balaban J connectivity index is 2.56. The smallest absolute Gasteiger partial charge is 0.289 e. The summed E-state index contributed by atoms with van der Waals surface area (Å²) >= 11 is 3.11. The van der Waals surface area contributed by atoms with Crippen LogP contribution >= 0.6 is 15.9 Å². The molecule has 1 N–H and O–H groups in total. The largest absolute Gasteiger partial charge is 0.298 e. The van der Waals surface area contributed by atoms with Crippen LogP contribution in [0.3, 0.4) is 0 Å². The van der Waals surface area contributed by atoms with Crippen molar-refractivity contribution in [1.29, 1.82) is 0 Å². The van der Waals surface area contributed by atoms with Crippen molar-refractivity contribution >= 4 is 27.8 Å². The molecule has 8 heteroatoms. The molecule has 1 rings (SSSR count). The maximum absolute atomic E-state index is 10.9. The van der Waals surface area contributed by atoms with E-state index in [2.05, 4.69) is 31.2 Å². The van der Waals surface area contributed by atoms with Gasteiger partial charge < -0.3 is 0 Å². The number of amides is 1. The van der Waals surface area contributed by atoms with Crippen LogP contribution in [0.1, 0.15) is 0 Å². The summed E-state index contributed by atoms with van der Waals surface area (Å²) in [5.41, 5.74) is 0. The topological polar surface area (TPSA) is 98.0 Å². The summed E-state index contributed by atoms with van der Waals surface area (Å²) in [6.45, 7) is -0.792. The highest BCUT2D eigenvalue weighted by atomic mass is 79.9. The first-order chi connectivity index (χ1) is 6.58. The number of nitrogens with one attached hydrogen (secondary N) is 1. The van der Waals surface area contributed by atoms with E-state index in [0.717, 1.165) is 0 Å². The van der Waals surface area contributed by atoms with E-state index in [0.29, 0.717) is 4.47 Å². The molecule has 0 saturated heterocycles. The molecule has 1 heterocycles. The Morgan fingerprint density at radius 2 is 2.14 bits per heavy atom. The number of hydrogen-bond acceptors (Lipinski definition) is 5. The van der Waals surface area contributed by atoms with Gasteiger partial charge in [0, 0.05) is 17.3 Å². The first-order valence-electron chi connectivity index (χ1n) is 3.47. The third-order valence-corrected chi connectivity index (χ3v) is 1.55. The zero-order valence-electron chi connectivity index (χ0n) is 6.81. The van der Waals surface area contributed by atoms with Crippen LogP contribution in [-0.4, -0.2) is 27.3 Å². The van der Waals surface area contributed by atoms with Gasteiger partial charge in [-0.2, -0.15) is 0 Å². The molecule has 14 heavy (non-hydrogen) atoms. The Kier molecular flexibility index (Phi) is 3.46. The van der Waals surface area contributed by atoms with E-state index in [1.807, 2.05) is 0 Å². The van der Waals surface area contributed by atoms with Crippen LogP contribution < -0.4 is 5.32 Å². The Bertz CT molecular complexity index is 353. The van der Waals surface area contributed by atoms with E-state index in [4.69, 9.17) is 0 Å². The summed E-state index contributed by atoms with van der Waals surface area (Å²) in [6.07, 6.45) is 2.85. The van der Waals surface area contributed by atoms with E-state index < -0.39 is 17.4 Å². The van der Waals surface area contributed by atoms with Crippen LogP contribution in [0.4, 0.5) is 5.95 Å². The average Bonchev–Trinajstić information content (AvgIpc) is 2.07. The summed E-state index contributed by atoms with van der Waals surface area (Å²) in [6, 6.07) is 0. The lowest BCUT2D eigenvalue weighted by atomic mass is 10.6. The second-order valence-electron chi connectivity index (χ2n) is 2.26. The molecule has 1 aromatic rings. The quantitative estimate of drug-likeness (QED) is 0.629. The van der Waals surface area contributed by atoms with E-state index in [1.54, 1.807) is 0 Å². The molecule has 7 nitrogen and oxygen atoms in total. The zero-order valence-corrected chi connectivity index (χ0v) is 8.39. The fourth-order valence-electron chi connectivity index (χ4n) is 0.658. The third-order valence-electron chi connectivity index (χ3n) is 1.14. The number of hydrogen-bond donors (Lipinski definition) is 1. The number of aromatic nitrogens is 2. The minimum atomic E-state index is -0.792. The number of carbonyl (C=O) groups excluding carboxylic acids is 1. The first-order valence-corrected chi connectivity index (χ1v) is 4.26. The SMILES string of the molecule is O=C(C[N+](=O)[O-])Nc1ncc(Br)cn1. The fourth-order valence-corrected chi connectivity index (χ4v) is 0.863. The van der Waals surface area contributed by atoms with E-state index in [-0.39, 0.29) is 5.95 Å². The van der Waals surface area contributed by atoms with Crippen LogP contribution in [0.15, 0.2) is 16.9 Å². The van der Waals surface area contributed by atoms with Gasteiger partial charge >= 0.3 is 0 Å². The fraction of sp³-hybridized carbons (Fsp3) is 0.167. The van der Waals surface area contributed by atoms with Gasteiger partial charge in [0.2, 0.25) is 5.95 Å². The predicted molar refractivity (Wildman–Crippen MR) is 50.2 cm³/mol. The van der Waals surface area contributed by atoms with Crippen LogP contribution in [0, 0.1) is 10.1 Å². The van der Waals surface area contributed by atoms with Crippen molar-refractivity contribution in [3.05, 3.63) is 27.0 Å². The van der Waals surface area contributed by atoms with Crippen molar-refractivity contribution in [2.75, 3.05) is 11.9 Å². The molecule has 1 amide bonds. The van der Waals surface area contributed by atoms with Crippen LogP contribution in [0.25, 0.3) is 0 Å². The summed E-state index contributed by atoms with van der Waals surface area (Å²) < 4.78 is 0.657. The van der Waals surface area contributed by atoms with Gasteiger partial charge in [0.05, 0.1) is 4.47 Å². The molecule has 0 atom stereocenters. The summed E-state index contributed by atoms with van der Waals surface area (Å²) in [5, 5.41) is 12.1. The zero-order chi connectivity index (χ0) is 10.6. The number of halogens is 1. The standard InChI is InChI=1S/C6H5BrN4O3/c7-4-1-8-6(9-2-4)10-5(12)3-11(13)14/h1-2H,3H2,(H,8,9,10,12). The monoisotopic (exact) mass is 260 g/mol. The van der Waals surface area contributed by atoms with Gasteiger partial charge in [-0.1, -0.05) is 0 Å². The first kappa shape index (κ1) is 10.5. The molecule has 0 bridgehead atoms. The second kappa shape index (κ2) is 4.61. The molecule has 0 aliphatic carbocycles. The van der Waals surface area contributed by atoms with Gasteiger partial charge in [0.25, 0.3) is 12.5 Å². The van der Waals surface area contributed by atoms with Crippen molar-refractivity contribution in [1.82, 2.24) is 9.97 Å². The van der Waals surface area contributed by atoms with Gasteiger partial charge in [-0.05, 0) is 15.9 Å². The Morgan fingerprint density at radius 1 is 1.57 bits per heavy atom. The van der Waals surface area contributed by atoms with Crippen molar-refractivity contribution in [2.45, 2.75) is 0 Å². The maximum Gasteiger partial charge on any atom is 0.298 e. The molecule has 0 saturated carbocycles. The average molecular weight is 261 g/mol. The summed E-state index contributed by atoms with van der Waals surface area (Å²) in [7, 11) is 0. The van der Waals surface area contributed by atoms with Crippen molar-refractivity contribution in [2.24, 2.45) is 0 Å². The van der Waals surface area contributed by atoms with E-state index in [9.17, 15) is 14.9 Å². The third kappa shape index (κ3) is 3.44. The summed E-state index contributed by atoms with van der Waals surface area (Å²) in [4.78, 5) is 27.5. The highest BCUT2D eigenvalue weighted by Crippen LogP contribution is 2.06. The number of nitrogens with zero attached hydrogens (tertiary/aromatic N) is 3. The maximum atomic E-state index is 10.9. The Labute approximate surface area is 86.8 Å². The Hall–Kier alpha value is -1.57. The van der Waals surface area contributed by atoms with Crippen molar-refractivity contribution in [3.8, 4) is 0 Å². The molecule has 0 aliphatic heterocycles. The highest BCUT2D eigenvalue weighted by Gasteiger charge is 2.10. The molecule has 1 aromatic heterocycles. The van der Waals surface area contributed by atoms with Crippen molar-refractivity contribution < 1.29 is 9.72 Å². The molecular formula is C6H5BrN4O3. The van der Waals surface area contributed by atoms with Gasteiger partial charge in [-0.25, -0.2) is 9.97 Å². The van der Waals surface area contributed by atoms with Gasteiger partial charge in [0.1, 0.15) is 0 Å². The van der Waals surface area contributed by atoms with Gasteiger partial charge in [0.15, 0.2) is 0 Å². The Morgan fingerprint density at radius 3 is 2.64 bits per heavy atom. The lowest BCUT2D eigenvalue weighted by molar-refractivity contribution is -0.467. The number of anilines is 1. The molecule has 0 aliphatic rings. The lowest BCUT2D eigenvalue weighted by Gasteiger charge is -1.98. The number of rotatable bonds is 3. The predicted octanol–water partition coefficient (Wildman–Crippen LogP) is 0.454. The number of carbonyl (C=O) groups is 1. The van der Waals surface area contributed by atoms with Crippen molar-refractivity contribution in [3.63, 3.8) is 0 Å². The van der Waals surface area contributed by atoms with Crippen LogP contribution in [-0.2, 0) is 4.79 Å². The van der Waals surface area contributed by atoms with E-state index >= 15 is 0 Å². The minimum Gasteiger partial charge on any atom is -0.289 e. The molecule has 0 fully saturated rings. The van der Waals surface area contributed by atoms with E-state index in [1.165, 1.54) is 12.4 Å². The second-order valence-corrected chi connectivity index (χ2v) is 3.18. The van der Waals surface area contributed by atoms with Crippen LogP contribution in [0.2, 0.25) is 0 Å². The van der Waals surface area contributed by atoms with Gasteiger partial charge in [-0.3, -0.25) is 20.2 Å². The molecule has 0 unspecified atom stereocenters. The molecule has 0 aromatic carbocycles. The highest BCUT2D eigenvalue weighted by molar-refractivity contribution is 9.10. The molecular weight excluding hydrogens is 256 g/mol. The summed E-state index contributed by atoms with van der Waals surface area (Å²) in [5.74, 6) is -0.711. The van der Waals surface area contributed by atoms with Gasteiger partial charge in [-0.15, -0.1) is 0 Å².